The summed E-state index contributed by atoms with van der Waals surface area (Å²) in [5.41, 5.74) is 2.17. The zero-order chi connectivity index (χ0) is 22.5. The van der Waals surface area contributed by atoms with E-state index in [2.05, 4.69) is 28.9 Å². The molecule has 3 aromatic rings. The monoisotopic (exact) mass is 436 g/mol. The molecule has 168 valence electrons. The Bertz CT molecular complexity index is 1050. The number of carbonyl (C=O) groups is 1. The van der Waals surface area contributed by atoms with Crippen molar-refractivity contribution in [2.24, 2.45) is 5.92 Å². The summed E-state index contributed by atoms with van der Waals surface area (Å²) in [7, 11) is 0. The van der Waals surface area contributed by atoms with Crippen molar-refractivity contribution in [1.82, 2.24) is 15.0 Å². The molecule has 7 heteroatoms. The molecule has 1 amide bonds. The topological polar surface area (TPSA) is 62.5 Å². The number of rotatable bonds is 7. The SMILES string of the molecule is CCN(CC)c1ccc(C(=O)N2CCCC(Cc3nc(-c4ccccc4F)no3)C2)cc1. The van der Waals surface area contributed by atoms with Gasteiger partial charge in [-0.2, -0.15) is 4.98 Å². The lowest BCUT2D eigenvalue weighted by molar-refractivity contribution is 0.0668. The highest BCUT2D eigenvalue weighted by molar-refractivity contribution is 5.94. The van der Waals surface area contributed by atoms with Crippen molar-refractivity contribution in [3.05, 3.63) is 65.8 Å². The number of likely N-dealkylation sites (tertiary alicyclic amines) is 1. The van der Waals surface area contributed by atoms with Gasteiger partial charge < -0.3 is 14.3 Å². The molecule has 32 heavy (non-hydrogen) atoms. The number of carbonyl (C=O) groups excluding carboxylic acids is 1. The lowest BCUT2D eigenvalue weighted by Gasteiger charge is -2.32. The van der Waals surface area contributed by atoms with Gasteiger partial charge in [0.25, 0.3) is 5.91 Å². The minimum Gasteiger partial charge on any atom is -0.372 e. The van der Waals surface area contributed by atoms with Gasteiger partial charge in [-0.25, -0.2) is 4.39 Å². The average molecular weight is 437 g/mol. The molecule has 4 rings (SSSR count). The number of nitrogens with zero attached hydrogens (tertiary/aromatic N) is 4. The maximum atomic E-state index is 14.0. The van der Waals surface area contributed by atoms with E-state index in [1.165, 1.54) is 6.07 Å². The van der Waals surface area contributed by atoms with E-state index in [1.54, 1.807) is 18.2 Å². The van der Waals surface area contributed by atoms with Crippen molar-refractivity contribution in [2.75, 3.05) is 31.1 Å². The third-order valence-corrected chi connectivity index (χ3v) is 6.10. The molecule has 0 aliphatic carbocycles. The molecule has 0 N–H and O–H groups in total. The van der Waals surface area contributed by atoms with Gasteiger partial charge in [-0.05, 0) is 69.0 Å². The zero-order valence-electron chi connectivity index (χ0n) is 18.6. The fourth-order valence-electron chi connectivity index (χ4n) is 4.34. The number of aromatic nitrogens is 2. The Morgan fingerprint density at radius 1 is 1.16 bits per heavy atom. The third kappa shape index (κ3) is 4.82. The third-order valence-electron chi connectivity index (χ3n) is 6.10. The molecule has 0 saturated carbocycles. The van der Waals surface area contributed by atoms with Gasteiger partial charge in [0, 0.05) is 43.9 Å². The molecule has 0 radical (unpaired) electrons. The van der Waals surface area contributed by atoms with Crippen molar-refractivity contribution in [2.45, 2.75) is 33.1 Å². The number of piperidine rings is 1. The normalized spacial score (nSPS) is 16.2. The Kier molecular flexibility index (Phi) is 6.83. The van der Waals surface area contributed by atoms with E-state index in [-0.39, 0.29) is 23.5 Å². The molecule has 1 fully saturated rings. The molecule has 1 saturated heterocycles. The van der Waals surface area contributed by atoms with E-state index in [4.69, 9.17) is 4.52 Å². The molecule has 2 aromatic carbocycles. The fourth-order valence-corrected chi connectivity index (χ4v) is 4.34. The smallest absolute Gasteiger partial charge is 0.253 e. The van der Waals surface area contributed by atoms with E-state index in [0.717, 1.165) is 38.2 Å². The molecular formula is C25H29FN4O2. The Hall–Kier alpha value is -3.22. The minimum atomic E-state index is -0.374. The first-order chi connectivity index (χ1) is 15.6. The first-order valence-corrected chi connectivity index (χ1v) is 11.3. The number of halogens is 1. The van der Waals surface area contributed by atoms with E-state index in [0.29, 0.717) is 30.0 Å². The van der Waals surface area contributed by atoms with Crippen molar-refractivity contribution in [3.8, 4) is 11.4 Å². The van der Waals surface area contributed by atoms with Gasteiger partial charge in [-0.15, -0.1) is 0 Å². The minimum absolute atomic E-state index is 0.0540. The number of benzene rings is 2. The largest absolute Gasteiger partial charge is 0.372 e. The van der Waals surface area contributed by atoms with Crippen LogP contribution in [-0.2, 0) is 6.42 Å². The van der Waals surface area contributed by atoms with Gasteiger partial charge in [0.05, 0.1) is 5.56 Å². The molecule has 1 atom stereocenters. The van der Waals surface area contributed by atoms with Gasteiger partial charge >= 0.3 is 0 Å². The molecule has 1 aliphatic heterocycles. The number of hydrogen-bond acceptors (Lipinski definition) is 5. The molecular weight excluding hydrogens is 407 g/mol. The van der Waals surface area contributed by atoms with Crippen molar-refractivity contribution < 1.29 is 13.7 Å². The van der Waals surface area contributed by atoms with Crippen molar-refractivity contribution in [3.63, 3.8) is 0 Å². The Morgan fingerprint density at radius 2 is 1.91 bits per heavy atom. The van der Waals surface area contributed by atoms with Gasteiger partial charge in [0.1, 0.15) is 5.82 Å². The van der Waals surface area contributed by atoms with Crippen molar-refractivity contribution in [1.29, 1.82) is 0 Å². The number of hydrogen-bond donors (Lipinski definition) is 0. The van der Waals surface area contributed by atoms with Crippen LogP contribution in [0, 0.1) is 11.7 Å². The van der Waals surface area contributed by atoms with Crippen LogP contribution < -0.4 is 4.90 Å². The number of anilines is 1. The highest BCUT2D eigenvalue weighted by atomic mass is 19.1. The molecule has 0 bridgehead atoms. The van der Waals surface area contributed by atoms with E-state index in [1.807, 2.05) is 29.2 Å². The lowest BCUT2D eigenvalue weighted by Crippen LogP contribution is -2.40. The first-order valence-electron chi connectivity index (χ1n) is 11.3. The lowest BCUT2D eigenvalue weighted by atomic mass is 9.94. The van der Waals surface area contributed by atoms with Gasteiger partial charge in [-0.3, -0.25) is 4.79 Å². The Labute approximate surface area is 188 Å². The summed E-state index contributed by atoms with van der Waals surface area (Å²) >= 11 is 0. The summed E-state index contributed by atoms with van der Waals surface area (Å²) < 4.78 is 19.4. The first kappa shape index (κ1) is 22.0. The molecule has 0 spiro atoms. The summed E-state index contributed by atoms with van der Waals surface area (Å²) in [6, 6.07) is 14.3. The van der Waals surface area contributed by atoms with Crippen LogP contribution in [0.15, 0.2) is 53.1 Å². The van der Waals surface area contributed by atoms with Crippen LogP contribution in [0.4, 0.5) is 10.1 Å². The second-order valence-corrected chi connectivity index (χ2v) is 8.17. The second-order valence-electron chi connectivity index (χ2n) is 8.17. The highest BCUT2D eigenvalue weighted by Gasteiger charge is 2.26. The molecule has 1 aromatic heterocycles. The van der Waals surface area contributed by atoms with Crippen LogP contribution in [0.1, 0.15) is 42.9 Å². The van der Waals surface area contributed by atoms with Crippen LogP contribution in [0.25, 0.3) is 11.4 Å². The van der Waals surface area contributed by atoms with Crippen LogP contribution in [0.3, 0.4) is 0 Å². The van der Waals surface area contributed by atoms with Gasteiger partial charge in [-0.1, -0.05) is 17.3 Å². The summed E-state index contributed by atoms with van der Waals surface area (Å²) in [5.74, 6) is 0.650. The van der Waals surface area contributed by atoms with Crippen LogP contribution in [-0.4, -0.2) is 47.1 Å². The number of amides is 1. The van der Waals surface area contributed by atoms with Crippen molar-refractivity contribution >= 4 is 11.6 Å². The van der Waals surface area contributed by atoms with Gasteiger partial charge in [0.2, 0.25) is 11.7 Å². The maximum absolute atomic E-state index is 14.0. The Balaban J connectivity index is 1.39. The fraction of sp³-hybridized carbons (Fsp3) is 0.400. The summed E-state index contributed by atoms with van der Waals surface area (Å²) in [6.07, 6.45) is 2.50. The predicted molar refractivity (Wildman–Crippen MR) is 122 cm³/mol. The average Bonchev–Trinajstić information content (AvgIpc) is 3.28. The standard InChI is InChI=1S/C25H29FN4O2/c1-3-29(4-2)20-13-11-19(12-14-20)25(31)30-15-7-8-18(17-30)16-23-27-24(28-32-23)21-9-5-6-10-22(21)26/h5-6,9-14,18H,3-4,7-8,15-17H2,1-2H3. The molecule has 2 heterocycles. The van der Waals surface area contributed by atoms with Crippen LogP contribution in [0.5, 0.6) is 0 Å². The molecule has 1 unspecified atom stereocenters. The van der Waals surface area contributed by atoms with E-state index >= 15 is 0 Å². The van der Waals surface area contributed by atoms with Crippen LogP contribution >= 0.6 is 0 Å². The van der Waals surface area contributed by atoms with Crippen LogP contribution in [0.2, 0.25) is 0 Å². The summed E-state index contributed by atoms with van der Waals surface area (Å²) in [4.78, 5) is 21.6. The summed E-state index contributed by atoms with van der Waals surface area (Å²) in [5, 5.41) is 3.94. The predicted octanol–water partition coefficient (Wildman–Crippen LogP) is 4.82. The maximum Gasteiger partial charge on any atom is 0.253 e. The quantitative estimate of drug-likeness (QED) is 0.532. The van der Waals surface area contributed by atoms with Gasteiger partial charge in [0.15, 0.2) is 0 Å². The van der Waals surface area contributed by atoms with E-state index < -0.39 is 0 Å². The molecule has 6 nitrogen and oxygen atoms in total. The Morgan fingerprint density at radius 3 is 2.62 bits per heavy atom. The summed E-state index contributed by atoms with van der Waals surface area (Å²) in [6.45, 7) is 7.52. The highest BCUT2D eigenvalue weighted by Crippen LogP contribution is 2.25. The second kappa shape index (κ2) is 9.94. The molecule has 1 aliphatic rings. The zero-order valence-corrected chi connectivity index (χ0v) is 18.6. The van der Waals surface area contributed by atoms with E-state index in [9.17, 15) is 9.18 Å².